The Morgan fingerprint density at radius 1 is 1.26 bits per heavy atom. The first kappa shape index (κ1) is 22.9. The number of carbonyl (C=O) groups is 2. The lowest BCUT2D eigenvalue weighted by molar-refractivity contribution is -0.0418. The molecule has 0 bridgehead atoms. The molecule has 2 fully saturated rings. The predicted molar refractivity (Wildman–Crippen MR) is 122 cm³/mol. The largest absolute Gasteiger partial charge is 0.436 e. The predicted octanol–water partition coefficient (Wildman–Crippen LogP) is 2.28. The van der Waals surface area contributed by atoms with E-state index >= 15 is 4.39 Å². The summed E-state index contributed by atoms with van der Waals surface area (Å²) in [5.41, 5.74) is 5.67. The standard InChI is InChI=1S/C22H26ClFN6O4/c23-15-2-3-16-17(18(15)24)22(34-21(32)27-16)4-1-5-29(13-22)20(31)14-12-26-30(19(14)25)7-6-28-8-10-33-11-9-28/h2-3,12H,1,4-11,13,25H2,(H,27,32)/t22-/m0/s1. The van der Waals surface area contributed by atoms with Crippen molar-refractivity contribution in [3.63, 3.8) is 0 Å². The van der Waals surface area contributed by atoms with Crippen molar-refractivity contribution >= 4 is 35.1 Å². The van der Waals surface area contributed by atoms with Gasteiger partial charge in [0.15, 0.2) is 11.4 Å². The van der Waals surface area contributed by atoms with Crippen molar-refractivity contribution in [2.24, 2.45) is 0 Å². The fourth-order valence-electron chi connectivity index (χ4n) is 4.92. The maximum Gasteiger partial charge on any atom is 0.412 e. The number of nitrogens with one attached hydrogen (secondary N) is 1. The number of hydrogen-bond donors (Lipinski definition) is 2. The number of rotatable bonds is 4. The van der Waals surface area contributed by atoms with Crippen molar-refractivity contribution in [1.29, 1.82) is 0 Å². The summed E-state index contributed by atoms with van der Waals surface area (Å²) >= 11 is 6.03. The van der Waals surface area contributed by atoms with Crippen LogP contribution in [-0.4, -0.2) is 77.5 Å². The lowest BCUT2D eigenvalue weighted by Gasteiger charge is -2.45. The molecule has 1 atom stereocenters. The highest BCUT2D eigenvalue weighted by Gasteiger charge is 2.48. The SMILES string of the molecule is Nc1c(C(=O)N2CCC[C@@]3(C2)OC(=O)Nc2ccc(Cl)c(F)c23)cnn1CCN1CCOCC1. The van der Waals surface area contributed by atoms with Gasteiger partial charge in [0.25, 0.3) is 5.91 Å². The zero-order valence-corrected chi connectivity index (χ0v) is 19.3. The van der Waals surface area contributed by atoms with E-state index in [0.29, 0.717) is 44.8 Å². The molecular weight excluding hydrogens is 467 g/mol. The number of anilines is 2. The van der Waals surface area contributed by atoms with Crippen molar-refractivity contribution in [1.82, 2.24) is 19.6 Å². The minimum absolute atomic E-state index is 0.0120. The van der Waals surface area contributed by atoms with E-state index in [1.165, 1.54) is 17.2 Å². The highest BCUT2D eigenvalue weighted by Crippen LogP contribution is 2.45. The molecule has 3 aliphatic rings. The van der Waals surface area contributed by atoms with Gasteiger partial charge in [-0.25, -0.2) is 13.9 Å². The number of hydrogen-bond acceptors (Lipinski definition) is 7. The number of nitrogens with two attached hydrogens (primary N) is 1. The van der Waals surface area contributed by atoms with Crippen molar-refractivity contribution in [3.05, 3.63) is 40.3 Å². The van der Waals surface area contributed by atoms with Crippen molar-refractivity contribution < 1.29 is 23.5 Å². The highest BCUT2D eigenvalue weighted by molar-refractivity contribution is 6.31. The first-order chi connectivity index (χ1) is 16.4. The molecule has 2 amide bonds. The molecule has 34 heavy (non-hydrogen) atoms. The lowest BCUT2D eigenvalue weighted by Crippen LogP contribution is -2.53. The molecule has 2 saturated heterocycles. The van der Waals surface area contributed by atoms with Gasteiger partial charge < -0.3 is 20.1 Å². The number of carbonyl (C=O) groups excluding carboxylic acids is 2. The van der Waals surface area contributed by atoms with Gasteiger partial charge >= 0.3 is 6.09 Å². The van der Waals surface area contributed by atoms with Gasteiger partial charge in [-0.05, 0) is 25.0 Å². The number of piperidine rings is 1. The Labute approximate surface area is 200 Å². The molecular formula is C22H26ClFN6O4. The second kappa shape index (κ2) is 9.05. The summed E-state index contributed by atoms with van der Waals surface area (Å²) in [7, 11) is 0. The van der Waals surface area contributed by atoms with E-state index in [2.05, 4.69) is 15.3 Å². The third-order valence-corrected chi connectivity index (χ3v) is 6.95. The molecule has 5 rings (SSSR count). The molecule has 3 aliphatic heterocycles. The van der Waals surface area contributed by atoms with Crippen LogP contribution < -0.4 is 11.1 Å². The fraction of sp³-hybridized carbons (Fsp3) is 0.500. The smallest absolute Gasteiger partial charge is 0.412 e. The van der Waals surface area contributed by atoms with Crippen molar-refractivity contribution in [2.75, 3.05) is 57.0 Å². The Morgan fingerprint density at radius 2 is 2.06 bits per heavy atom. The maximum atomic E-state index is 15.1. The number of aromatic nitrogens is 2. The molecule has 4 heterocycles. The Morgan fingerprint density at radius 3 is 2.85 bits per heavy atom. The van der Waals surface area contributed by atoms with Gasteiger partial charge in [0, 0.05) is 26.2 Å². The van der Waals surface area contributed by atoms with Gasteiger partial charge in [-0.3, -0.25) is 15.0 Å². The number of likely N-dealkylation sites (tertiary alicyclic amines) is 1. The van der Waals surface area contributed by atoms with Gasteiger partial charge in [-0.2, -0.15) is 5.10 Å². The number of amides is 2. The van der Waals surface area contributed by atoms with E-state index in [-0.39, 0.29) is 34.4 Å². The van der Waals surface area contributed by atoms with Crippen LogP contribution in [0.25, 0.3) is 0 Å². The molecule has 3 N–H and O–H groups in total. The molecule has 1 aromatic heterocycles. The molecule has 12 heteroatoms. The molecule has 182 valence electrons. The van der Waals surface area contributed by atoms with E-state index in [4.69, 9.17) is 26.8 Å². The number of ether oxygens (including phenoxy) is 2. The number of nitrogens with zero attached hydrogens (tertiary/aromatic N) is 4. The van der Waals surface area contributed by atoms with Crippen LogP contribution in [-0.2, 0) is 21.6 Å². The van der Waals surface area contributed by atoms with Crippen LogP contribution in [0.2, 0.25) is 5.02 Å². The fourth-order valence-corrected chi connectivity index (χ4v) is 5.07. The van der Waals surface area contributed by atoms with Crippen LogP contribution in [0.5, 0.6) is 0 Å². The number of nitrogen functional groups attached to an aromatic ring is 1. The Hall–Kier alpha value is -2.89. The summed E-state index contributed by atoms with van der Waals surface area (Å²) in [6.45, 7) is 4.79. The van der Waals surface area contributed by atoms with Crippen LogP contribution in [0.15, 0.2) is 18.3 Å². The molecule has 0 saturated carbocycles. The average Bonchev–Trinajstić information content (AvgIpc) is 3.20. The highest BCUT2D eigenvalue weighted by atomic mass is 35.5. The summed E-state index contributed by atoms with van der Waals surface area (Å²) in [6, 6.07) is 2.92. The Bertz CT molecular complexity index is 1120. The van der Waals surface area contributed by atoms with E-state index < -0.39 is 17.5 Å². The van der Waals surface area contributed by atoms with Crippen LogP contribution in [0.1, 0.15) is 28.8 Å². The van der Waals surface area contributed by atoms with E-state index in [1.54, 1.807) is 10.7 Å². The maximum absolute atomic E-state index is 15.1. The minimum atomic E-state index is -1.33. The zero-order valence-electron chi connectivity index (χ0n) is 18.6. The molecule has 0 aliphatic carbocycles. The molecule has 2 aromatic rings. The molecule has 1 spiro atoms. The molecule has 10 nitrogen and oxygen atoms in total. The third-order valence-electron chi connectivity index (χ3n) is 6.66. The van der Waals surface area contributed by atoms with Crippen LogP contribution in [0.4, 0.5) is 20.7 Å². The second-order valence-corrected chi connectivity index (χ2v) is 9.15. The van der Waals surface area contributed by atoms with Gasteiger partial charge in [-0.15, -0.1) is 0 Å². The van der Waals surface area contributed by atoms with E-state index in [1.807, 2.05) is 0 Å². The minimum Gasteiger partial charge on any atom is -0.436 e. The number of fused-ring (bicyclic) bond motifs is 2. The molecule has 0 unspecified atom stereocenters. The zero-order chi connectivity index (χ0) is 23.9. The first-order valence-corrected chi connectivity index (χ1v) is 11.6. The first-order valence-electron chi connectivity index (χ1n) is 11.3. The monoisotopic (exact) mass is 492 g/mol. The van der Waals surface area contributed by atoms with Crippen molar-refractivity contribution in [3.8, 4) is 0 Å². The van der Waals surface area contributed by atoms with Crippen LogP contribution in [0, 0.1) is 5.82 Å². The number of benzene rings is 1. The van der Waals surface area contributed by atoms with Gasteiger partial charge in [0.05, 0.1) is 48.8 Å². The molecule has 1 aromatic carbocycles. The van der Waals surface area contributed by atoms with Crippen LogP contribution >= 0.6 is 11.6 Å². The average molecular weight is 493 g/mol. The Balaban J connectivity index is 1.36. The Kier molecular flexibility index (Phi) is 6.09. The number of morpholine rings is 1. The quantitative estimate of drug-likeness (QED) is 0.672. The normalized spacial score (nSPS) is 22.9. The summed E-state index contributed by atoms with van der Waals surface area (Å²) in [5.74, 6) is -0.730. The van der Waals surface area contributed by atoms with Crippen LogP contribution in [0.3, 0.4) is 0 Å². The van der Waals surface area contributed by atoms with Gasteiger partial charge in [0.1, 0.15) is 11.4 Å². The van der Waals surface area contributed by atoms with Gasteiger partial charge in [0.2, 0.25) is 0 Å². The van der Waals surface area contributed by atoms with Gasteiger partial charge in [-0.1, -0.05) is 11.6 Å². The topological polar surface area (TPSA) is 115 Å². The summed E-state index contributed by atoms with van der Waals surface area (Å²) in [4.78, 5) is 29.5. The summed E-state index contributed by atoms with van der Waals surface area (Å²) in [5, 5.41) is 6.75. The van der Waals surface area contributed by atoms with E-state index in [9.17, 15) is 9.59 Å². The lowest BCUT2D eigenvalue weighted by atomic mass is 9.83. The summed E-state index contributed by atoms with van der Waals surface area (Å²) < 4.78 is 27.7. The number of halogens is 2. The second-order valence-electron chi connectivity index (χ2n) is 8.74. The summed E-state index contributed by atoms with van der Waals surface area (Å²) in [6.07, 6.45) is 1.63. The third kappa shape index (κ3) is 4.08. The molecule has 0 radical (unpaired) electrons. The van der Waals surface area contributed by atoms with E-state index in [0.717, 1.165) is 19.6 Å². The van der Waals surface area contributed by atoms with Crippen molar-refractivity contribution in [2.45, 2.75) is 25.0 Å².